The summed E-state index contributed by atoms with van der Waals surface area (Å²) in [6.07, 6.45) is 0.286. The fourth-order valence-corrected chi connectivity index (χ4v) is 2.67. The van der Waals surface area contributed by atoms with Crippen molar-refractivity contribution in [3.63, 3.8) is 0 Å². The van der Waals surface area contributed by atoms with Crippen molar-refractivity contribution in [1.82, 2.24) is 0 Å². The fourth-order valence-electron chi connectivity index (χ4n) is 0.889. The van der Waals surface area contributed by atoms with Crippen molar-refractivity contribution in [1.29, 1.82) is 0 Å². The Morgan fingerprint density at radius 3 is 2.00 bits per heavy atom. The predicted octanol–water partition coefficient (Wildman–Crippen LogP) is 1.60. The summed E-state index contributed by atoms with van der Waals surface area (Å²) in [6, 6.07) is -0.158. The second-order valence-electron chi connectivity index (χ2n) is 2.61. The second kappa shape index (κ2) is 5.70. The van der Waals surface area contributed by atoms with E-state index in [1.54, 1.807) is 20.8 Å². The molecular formula is C7H18NO3P. The van der Waals surface area contributed by atoms with Crippen molar-refractivity contribution in [2.24, 2.45) is 5.73 Å². The molecule has 0 heterocycles. The van der Waals surface area contributed by atoms with E-state index >= 15 is 0 Å². The highest BCUT2D eigenvalue weighted by atomic mass is 31.2. The van der Waals surface area contributed by atoms with E-state index in [0.29, 0.717) is 13.2 Å². The topological polar surface area (TPSA) is 61.5 Å². The quantitative estimate of drug-likeness (QED) is 0.654. The van der Waals surface area contributed by atoms with Crippen molar-refractivity contribution in [2.75, 3.05) is 19.4 Å². The molecular weight excluding hydrogens is 177 g/mol. The lowest BCUT2D eigenvalue weighted by Gasteiger charge is -2.18. The van der Waals surface area contributed by atoms with Gasteiger partial charge in [-0.15, -0.1) is 0 Å². The van der Waals surface area contributed by atoms with Crippen LogP contribution in [0.1, 0.15) is 20.8 Å². The summed E-state index contributed by atoms with van der Waals surface area (Å²) < 4.78 is 21.8. The molecule has 0 saturated heterocycles. The molecule has 0 radical (unpaired) electrons. The van der Waals surface area contributed by atoms with Gasteiger partial charge in [0.25, 0.3) is 0 Å². The molecule has 0 aliphatic heterocycles. The normalized spacial score (nSPS) is 14.7. The molecule has 5 heteroatoms. The van der Waals surface area contributed by atoms with Crippen molar-refractivity contribution < 1.29 is 13.6 Å². The van der Waals surface area contributed by atoms with Gasteiger partial charge in [0, 0.05) is 6.04 Å². The van der Waals surface area contributed by atoms with Gasteiger partial charge >= 0.3 is 7.60 Å². The van der Waals surface area contributed by atoms with Gasteiger partial charge in [-0.25, -0.2) is 0 Å². The van der Waals surface area contributed by atoms with E-state index in [-0.39, 0.29) is 12.2 Å². The zero-order valence-electron chi connectivity index (χ0n) is 7.95. The highest BCUT2D eigenvalue weighted by molar-refractivity contribution is 7.53. The average molecular weight is 195 g/mol. The zero-order chi connectivity index (χ0) is 9.61. The molecule has 0 spiro atoms. The SMILES string of the molecule is CCOP(=O)(CC(C)N)OCC. The van der Waals surface area contributed by atoms with Crippen LogP contribution in [-0.4, -0.2) is 25.4 Å². The van der Waals surface area contributed by atoms with E-state index in [2.05, 4.69) is 0 Å². The van der Waals surface area contributed by atoms with E-state index in [1.165, 1.54) is 0 Å². The molecule has 12 heavy (non-hydrogen) atoms. The van der Waals surface area contributed by atoms with Gasteiger partial charge in [0.05, 0.1) is 19.4 Å². The van der Waals surface area contributed by atoms with Crippen LogP contribution < -0.4 is 5.73 Å². The summed E-state index contributed by atoms with van der Waals surface area (Å²) in [4.78, 5) is 0. The zero-order valence-corrected chi connectivity index (χ0v) is 8.84. The number of hydrogen-bond donors (Lipinski definition) is 1. The molecule has 0 fully saturated rings. The fraction of sp³-hybridized carbons (Fsp3) is 1.00. The van der Waals surface area contributed by atoms with Crippen molar-refractivity contribution in [2.45, 2.75) is 26.8 Å². The first-order valence-corrected chi connectivity index (χ1v) is 5.90. The first-order chi connectivity index (χ1) is 5.54. The molecule has 0 saturated carbocycles. The molecule has 4 nitrogen and oxygen atoms in total. The smallest absolute Gasteiger partial charge is 0.327 e. The largest absolute Gasteiger partial charge is 0.332 e. The maximum absolute atomic E-state index is 11.7. The molecule has 0 bridgehead atoms. The first kappa shape index (κ1) is 12.1. The van der Waals surface area contributed by atoms with Crippen LogP contribution in [0, 0.1) is 0 Å². The van der Waals surface area contributed by atoms with Crippen LogP contribution in [0.3, 0.4) is 0 Å². The maximum atomic E-state index is 11.7. The van der Waals surface area contributed by atoms with E-state index in [4.69, 9.17) is 14.8 Å². The number of rotatable bonds is 6. The van der Waals surface area contributed by atoms with Crippen molar-refractivity contribution >= 4 is 7.60 Å². The molecule has 0 aromatic rings. The van der Waals surface area contributed by atoms with Crippen LogP contribution in [0.5, 0.6) is 0 Å². The minimum atomic E-state index is -2.90. The summed E-state index contributed by atoms with van der Waals surface area (Å²) >= 11 is 0. The van der Waals surface area contributed by atoms with Gasteiger partial charge in [-0.05, 0) is 20.8 Å². The second-order valence-corrected chi connectivity index (χ2v) is 4.71. The van der Waals surface area contributed by atoms with Crippen LogP contribution in [-0.2, 0) is 13.6 Å². The first-order valence-electron chi connectivity index (χ1n) is 4.17. The van der Waals surface area contributed by atoms with Gasteiger partial charge in [-0.3, -0.25) is 4.57 Å². The number of nitrogens with two attached hydrogens (primary N) is 1. The predicted molar refractivity (Wildman–Crippen MR) is 49.4 cm³/mol. The summed E-state index contributed by atoms with van der Waals surface area (Å²) in [6.45, 7) is 6.14. The van der Waals surface area contributed by atoms with Crippen molar-refractivity contribution in [3.05, 3.63) is 0 Å². The summed E-state index contributed by atoms with van der Waals surface area (Å²) in [5.41, 5.74) is 5.51. The monoisotopic (exact) mass is 195 g/mol. The molecule has 1 unspecified atom stereocenters. The molecule has 74 valence electrons. The Bertz CT molecular complexity index is 151. The van der Waals surface area contributed by atoms with Gasteiger partial charge < -0.3 is 14.8 Å². The summed E-state index contributed by atoms with van der Waals surface area (Å²) in [5.74, 6) is 0. The van der Waals surface area contributed by atoms with Gasteiger partial charge in [-0.1, -0.05) is 0 Å². The Hall–Kier alpha value is 0.110. The van der Waals surface area contributed by atoms with Crippen LogP contribution >= 0.6 is 7.60 Å². The molecule has 0 aliphatic carbocycles. The van der Waals surface area contributed by atoms with E-state index in [0.717, 1.165) is 0 Å². The lowest BCUT2D eigenvalue weighted by atomic mass is 10.4. The van der Waals surface area contributed by atoms with Crippen LogP contribution in [0.15, 0.2) is 0 Å². The van der Waals surface area contributed by atoms with Crippen molar-refractivity contribution in [3.8, 4) is 0 Å². The Kier molecular flexibility index (Phi) is 5.76. The Morgan fingerprint density at radius 2 is 1.75 bits per heavy atom. The molecule has 1 atom stereocenters. The maximum Gasteiger partial charge on any atom is 0.332 e. The van der Waals surface area contributed by atoms with Crippen LogP contribution in [0.4, 0.5) is 0 Å². The third-order valence-electron chi connectivity index (χ3n) is 1.16. The Morgan fingerprint density at radius 1 is 1.33 bits per heavy atom. The minimum Gasteiger partial charge on any atom is -0.327 e. The molecule has 0 aromatic heterocycles. The number of hydrogen-bond acceptors (Lipinski definition) is 4. The van der Waals surface area contributed by atoms with Gasteiger partial charge in [0.1, 0.15) is 0 Å². The summed E-state index contributed by atoms with van der Waals surface area (Å²) in [5, 5.41) is 0. The molecule has 0 aromatic carbocycles. The lowest BCUT2D eigenvalue weighted by Crippen LogP contribution is -2.21. The van der Waals surface area contributed by atoms with E-state index < -0.39 is 7.60 Å². The lowest BCUT2D eigenvalue weighted by molar-refractivity contribution is 0.219. The summed E-state index contributed by atoms with van der Waals surface area (Å²) in [7, 11) is -2.90. The third kappa shape index (κ3) is 4.88. The Balaban J connectivity index is 4.08. The highest BCUT2D eigenvalue weighted by Gasteiger charge is 2.24. The van der Waals surface area contributed by atoms with Gasteiger partial charge in [-0.2, -0.15) is 0 Å². The molecule has 0 aliphatic rings. The molecule has 2 N–H and O–H groups in total. The highest BCUT2D eigenvalue weighted by Crippen LogP contribution is 2.48. The molecule has 0 amide bonds. The van der Waals surface area contributed by atoms with Gasteiger partial charge in [0.2, 0.25) is 0 Å². The third-order valence-corrected chi connectivity index (χ3v) is 3.49. The standard InChI is InChI=1S/C7H18NO3P/c1-4-10-12(9,11-5-2)6-7(3)8/h7H,4-6,8H2,1-3H3. The van der Waals surface area contributed by atoms with Gasteiger partial charge in [0.15, 0.2) is 0 Å². The van der Waals surface area contributed by atoms with Crippen LogP contribution in [0.2, 0.25) is 0 Å². The van der Waals surface area contributed by atoms with E-state index in [9.17, 15) is 4.57 Å². The van der Waals surface area contributed by atoms with E-state index in [1.807, 2.05) is 0 Å². The minimum absolute atomic E-state index is 0.158. The molecule has 0 rings (SSSR count). The average Bonchev–Trinajstić information content (AvgIpc) is 1.85. The van der Waals surface area contributed by atoms with Crippen LogP contribution in [0.25, 0.3) is 0 Å². The Labute approximate surface area is 74.0 Å².